The van der Waals surface area contributed by atoms with E-state index in [1.807, 2.05) is 61.0 Å². The quantitative estimate of drug-likeness (QED) is 0.883. The van der Waals surface area contributed by atoms with E-state index in [-0.39, 0.29) is 0 Å². The Kier molecular flexibility index (Phi) is 4.05. The summed E-state index contributed by atoms with van der Waals surface area (Å²) in [7, 11) is 0. The molecule has 2 rings (SSSR count). The van der Waals surface area contributed by atoms with Crippen LogP contribution >= 0.6 is 0 Å². The Morgan fingerprint density at radius 3 is 2.58 bits per heavy atom. The number of carboxylic acid groups (broad SMARTS) is 1. The molecule has 0 bridgehead atoms. The van der Waals surface area contributed by atoms with E-state index in [9.17, 15) is 9.90 Å². The molecule has 1 aromatic carbocycles. The molecule has 1 aromatic heterocycles. The number of aliphatic carboxylic acids is 1. The van der Waals surface area contributed by atoms with Crippen LogP contribution in [0.3, 0.4) is 0 Å². The van der Waals surface area contributed by atoms with Crippen LogP contribution in [-0.2, 0) is 4.79 Å². The Hall–Kier alpha value is -2.03. The Morgan fingerprint density at radius 2 is 2.00 bits per heavy atom. The first-order valence-electron chi connectivity index (χ1n) is 6.60. The van der Waals surface area contributed by atoms with Crippen LogP contribution in [0.1, 0.15) is 31.4 Å². The lowest BCUT2D eigenvalue weighted by atomic mass is 10.1. The monoisotopic (exact) mass is 257 g/mol. The number of hydrogen-bond acceptors (Lipinski definition) is 1. The predicted molar refractivity (Wildman–Crippen MR) is 76.2 cm³/mol. The number of carboxylic acids is 1. The molecule has 2 aromatic rings. The van der Waals surface area contributed by atoms with Gasteiger partial charge >= 0.3 is 5.97 Å². The van der Waals surface area contributed by atoms with Crippen LogP contribution in [0.2, 0.25) is 0 Å². The molecule has 0 radical (unpaired) electrons. The summed E-state index contributed by atoms with van der Waals surface area (Å²) < 4.78 is 1.89. The highest BCUT2D eigenvalue weighted by molar-refractivity contribution is 5.74. The van der Waals surface area contributed by atoms with E-state index in [2.05, 4.69) is 0 Å². The molecule has 0 aliphatic rings. The molecule has 0 aliphatic carbocycles. The van der Waals surface area contributed by atoms with Gasteiger partial charge in [-0.3, -0.25) is 0 Å². The van der Waals surface area contributed by atoms with Crippen molar-refractivity contribution in [3.8, 4) is 11.3 Å². The van der Waals surface area contributed by atoms with Crippen LogP contribution in [0.5, 0.6) is 0 Å². The van der Waals surface area contributed by atoms with Gasteiger partial charge in [-0.2, -0.15) is 0 Å². The summed E-state index contributed by atoms with van der Waals surface area (Å²) in [4.78, 5) is 11.5. The lowest BCUT2D eigenvalue weighted by Crippen LogP contribution is -2.19. The molecular formula is C16H19NO2. The van der Waals surface area contributed by atoms with Crippen molar-refractivity contribution < 1.29 is 9.90 Å². The zero-order valence-corrected chi connectivity index (χ0v) is 11.3. The molecule has 100 valence electrons. The third kappa shape index (κ3) is 2.87. The van der Waals surface area contributed by atoms with Gasteiger partial charge in [-0.05, 0) is 30.5 Å². The summed E-state index contributed by atoms with van der Waals surface area (Å²) in [6.07, 6.45) is 3.42. The maximum absolute atomic E-state index is 11.5. The topological polar surface area (TPSA) is 42.2 Å². The molecule has 1 atom stereocenters. The van der Waals surface area contributed by atoms with E-state index in [1.165, 1.54) is 0 Å². The van der Waals surface area contributed by atoms with Crippen molar-refractivity contribution in [1.29, 1.82) is 0 Å². The predicted octanol–water partition coefficient (Wildman–Crippen LogP) is 3.89. The number of aromatic nitrogens is 1. The van der Waals surface area contributed by atoms with Crippen molar-refractivity contribution >= 4 is 5.97 Å². The largest absolute Gasteiger partial charge is 0.480 e. The van der Waals surface area contributed by atoms with E-state index >= 15 is 0 Å². The molecule has 0 aliphatic heterocycles. The molecule has 3 heteroatoms. The highest BCUT2D eigenvalue weighted by Crippen LogP contribution is 2.27. The van der Waals surface area contributed by atoms with Crippen molar-refractivity contribution in [2.45, 2.75) is 32.7 Å². The fourth-order valence-corrected chi connectivity index (χ4v) is 2.37. The van der Waals surface area contributed by atoms with E-state index in [0.29, 0.717) is 6.42 Å². The van der Waals surface area contributed by atoms with Crippen molar-refractivity contribution in [2.75, 3.05) is 0 Å². The molecule has 0 amide bonds. The molecule has 1 unspecified atom stereocenters. The van der Waals surface area contributed by atoms with Crippen molar-refractivity contribution in [3.63, 3.8) is 0 Å². The first-order valence-corrected chi connectivity index (χ1v) is 6.60. The maximum Gasteiger partial charge on any atom is 0.326 e. The van der Waals surface area contributed by atoms with Gasteiger partial charge in [0.1, 0.15) is 6.04 Å². The normalized spacial score (nSPS) is 12.3. The Labute approximate surface area is 113 Å². The molecule has 0 saturated heterocycles. The molecule has 1 N–H and O–H groups in total. The zero-order valence-electron chi connectivity index (χ0n) is 11.3. The van der Waals surface area contributed by atoms with Gasteiger partial charge in [0.05, 0.1) is 0 Å². The van der Waals surface area contributed by atoms with Gasteiger partial charge in [-0.25, -0.2) is 4.79 Å². The highest BCUT2D eigenvalue weighted by Gasteiger charge is 2.21. The van der Waals surface area contributed by atoms with Gasteiger partial charge < -0.3 is 9.67 Å². The SMILES string of the molecule is CCCC(C(=O)O)n1cc(C)cc1-c1ccccc1. The van der Waals surface area contributed by atoms with Crippen LogP contribution in [0, 0.1) is 6.92 Å². The third-order valence-corrected chi connectivity index (χ3v) is 3.24. The second kappa shape index (κ2) is 5.74. The first-order chi connectivity index (χ1) is 9.13. The summed E-state index contributed by atoms with van der Waals surface area (Å²) in [6, 6.07) is 11.5. The average molecular weight is 257 g/mol. The van der Waals surface area contributed by atoms with Crippen molar-refractivity contribution in [2.24, 2.45) is 0 Å². The van der Waals surface area contributed by atoms with Crippen LogP contribution < -0.4 is 0 Å². The number of rotatable bonds is 5. The lowest BCUT2D eigenvalue weighted by molar-refractivity contribution is -0.141. The standard InChI is InChI=1S/C16H19NO2/c1-3-7-14(16(18)19)17-11-12(2)10-15(17)13-8-5-4-6-9-13/h4-6,8-11,14H,3,7H2,1-2H3,(H,18,19). The van der Waals surface area contributed by atoms with E-state index in [4.69, 9.17) is 0 Å². The molecule has 3 nitrogen and oxygen atoms in total. The maximum atomic E-state index is 11.5. The number of aryl methyl sites for hydroxylation is 1. The second-order valence-corrected chi connectivity index (χ2v) is 4.82. The average Bonchev–Trinajstić information content (AvgIpc) is 2.78. The summed E-state index contributed by atoms with van der Waals surface area (Å²) in [5, 5.41) is 9.42. The van der Waals surface area contributed by atoms with Crippen LogP contribution in [-0.4, -0.2) is 15.6 Å². The van der Waals surface area contributed by atoms with Gasteiger partial charge in [0, 0.05) is 11.9 Å². The van der Waals surface area contributed by atoms with E-state index in [1.54, 1.807) is 0 Å². The fraction of sp³-hybridized carbons (Fsp3) is 0.312. The minimum Gasteiger partial charge on any atom is -0.480 e. The summed E-state index contributed by atoms with van der Waals surface area (Å²) >= 11 is 0. The van der Waals surface area contributed by atoms with Gasteiger partial charge in [0.2, 0.25) is 0 Å². The van der Waals surface area contributed by atoms with Gasteiger partial charge in [-0.15, -0.1) is 0 Å². The number of nitrogens with zero attached hydrogens (tertiary/aromatic N) is 1. The van der Waals surface area contributed by atoms with Gasteiger partial charge in [0.25, 0.3) is 0 Å². The van der Waals surface area contributed by atoms with Crippen molar-refractivity contribution in [3.05, 3.63) is 48.2 Å². The summed E-state index contributed by atoms with van der Waals surface area (Å²) in [6.45, 7) is 4.00. The number of benzene rings is 1. The number of carbonyl (C=O) groups is 1. The third-order valence-electron chi connectivity index (χ3n) is 3.24. The molecule has 19 heavy (non-hydrogen) atoms. The summed E-state index contributed by atoms with van der Waals surface area (Å²) in [5.74, 6) is -0.769. The van der Waals surface area contributed by atoms with Crippen LogP contribution in [0.25, 0.3) is 11.3 Å². The van der Waals surface area contributed by atoms with Crippen molar-refractivity contribution in [1.82, 2.24) is 4.57 Å². The van der Waals surface area contributed by atoms with E-state index in [0.717, 1.165) is 23.2 Å². The second-order valence-electron chi connectivity index (χ2n) is 4.82. The Morgan fingerprint density at radius 1 is 1.32 bits per heavy atom. The summed E-state index contributed by atoms with van der Waals surface area (Å²) in [5.41, 5.74) is 3.11. The first kappa shape index (κ1) is 13.4. The molecular weight excluding hydrogens is 238 g/mol. The van der Waals surface area contributed by atoms with Crippen LogP contribution in [0.4, 0.5) is 0 Å². The van der Waals surface area contributed by atoms with Crippen LogP contribution in [0.15, 0.2) is 42.6 Å². The smallest absolute Gasteiger partial charge is 0.326 e. The molecule has 0 spiro atoms. The minimum absolute atomic E-state index is 0.492. The molecule has 1 heterocycles. The van der Waals surface area contributed by atoms with Gasteiger partial charge in [0.15, 0.2) is 0 Å². The minimum atomic E-state index is -0.769. The Balaban J connectivity index is 2.49. The van der Waals surface area contributed by atoms with Gasteiger partial charge in [-0.1, -0.05) is 43.7 Å². The zero-order chi connectivity index (χ0) is 13.8. The molecule has 0 fully saturated rings. The number of hydrogen-bond donors (Lipinski definition) is 1. The fourth-order valence-electron chi connectivity index (χ4n) is 2.37. The Bertz CT molecular complexity index is 557. The lowest BCUT2D eigenvalue weighted by Gasteiger charge is -2.17. The highest BCUT2D eigenvalue weighted by atomic mass is 16.4. The molecule has 0 saturated carbocycles. The van der Waals surface area contributed by atoms with E-state index < -0.39 is 12.0 Å².